The van der Waals surface area contributed by atoms with Crippen molar-refractivity contribution in [1.29, 1.82) is 0 Å². The van der Waals surface area contributed by atoms with Gasteiger partial charge in [-0.1, -0.05) is 18.6 Å². The van der Waals surface area contributed by atoms with E-state index in [4.69, 9.17) is 4.74 Å². The van der Waals surface area contributed by atoms with Gasteiger partial charge in [0.1, 0.15) is 0 Å². The van der Waals surface area contributed by atoms with Crippen LogP contribution in [0.3, 0.4) is 0 Å². The Kier molecular flexibility index (Phi) is 7.02. The lowest BCUT2D eigenvalue weighted by Crippen LogP contribution is -2.41. The number of carbonyl (C=O) groups excluding carboxylic acids is 1. The fourth-order valence-electron chi connectivity index (χ4n) is 3.89. The highest BCUT2D eigenvalue weighted by Crippen LogP contribution is 2.15. The molecule has 3 rings (SSSR count). The van der Waals surface area contributed by atoms with Gasteiger partial charge in [-0.2, -0.15) is 0 Å². The molecular weight excluding hydrogens is 328 g/mol. The predicted molar refractivity (Wildman–Crippen MR) is 103 cm³/mol. The van der Waals surface area contributed by atoms with Crippen molar-refractivity contribution in [3.63, 3.8) is 0 Å². The summed E-state index contributed by atoms with van der Waals surface area (Å²) in [5, 5.41) is 0. The summed E-state index contributed by atoms with van der Waals surface area (Å²) >= 11 is 0. The molecule has 0 aromatic heterocycles. The second kappa shape index (κ2) is 9.46. The van der Waals surface area contributed by atoms with Gasteiger partial charge in [-0.3, -0.25) is 20.5 Å². The van der Waals surface area contributed by atoms with E-state index in [1.807, 2.05) is 19.2 Å². The third-order valence-electron chi connectivity index (χ3n) is 5.33. The van der Waals surface area contributed by atoms with Crippen LogP contribution in [0.25, 0.3) is 0 Å². The van der Waals surface area contributed by atoms with E-state index in [9.17, 15) is 4.79 Å². The number of nitrogens with one attached hydrogen (secondary N) is 2. The number of nitrogens with zero attached hydrogens (tertiary/aromatic N) is 2. The standard InChI is InChI=1S/C20H32N4O2/c1-23(14-18-12-19(15-26-2)22-21-18)20(25)17-8-6-16(7-9-17)13-24-10-4-3-5-11-24/h6-9,18-19,21-22H,3-5,10-15H2,1-2H3. The van der Waals surface area contributed by atoms with Crippen molar-refractivity contribution >= 4 is 5.91 Å². The Labute approximate surface area is 156 Å². The number of hydrogen-bond acceptors (Lipinski definition) is 5. The van der Waals surface area contributed by atoms with Crippen molar-refractivity contribution in [3.8, 4) is 0 Å². The zero-order chi connectivity index (χ0) is 18.4. The Bertz CT molecular complexity index is 572. The van der Waals surface area contributed by atoms with Crippen LogP contribution in [0.2, 0.25) is 0 Å². The number of carbonyl (C=O) groups is 1. The third-order valence-corrected chi connectivity index (χ3v) is 5.33. The summed E-state index contributed by atoms with van der Waals surface area (Å²) in [6.07, 6.45) is 4.92. The van der Waals surface area contributed by atoms with Gasteiger partial charge in [0.05, 0.1) is 6.61 Å². The minimum atomic E-state index is 0.0755. The molecule has 2 saturated heterocycles. The monoisotopic (exact) mass is 360 g/mol. The first-order valence-corrected chi connectivity index (χ1v) is 9.72. The van der Waals surface area contributed by atoms with Crippen molar-refractivity contribution in [2.75, 3.05) is 40.4 Å². The number of likely N-dealkylation sites (tertiary alicyclic amines) is 1. The molecule has 2 heterocycles. The molecule has 0 radical (unpaired) electrons. The number of hydrazine groups is 1. The zero-order valence-electron chi connectivity index (χ0n) is 16.0. The van der Waals surface area contributed by atoms with Crippen LogP contribution in [-0.4, -0.2) is 68.2 Å². The van der Waals surface area contributed by atoms with Crippen LogP contribution in [0.15, 0.2) is 24.3 Å². The number of benzene rings is 1. The van der Waals surface area contributed by atoms with Crippen molar-refractivity contribution in [3.05, 3.63) is 35.4 Å². The van der Waals surface area contributed by atoms with E-state index in [2.05, 4.69) is 27.9 Å². The molecule has 2 N–H and O–H groups in total. The molecule has 2 aliphatic heterocycles. The molecule has 0 aliphatic carbocycles. The number of piperidine rings is 1. The Morgan fingerprint density at radius 2 is 1.85 bits per heavy atom. The molecular formula is C20H32N4O2. The fraction of sp³-hybridized carbons (Fsp3) is 0.650. The van der Waals surface area contributed by atoms with Crippen LogP contribution in [0.5, 0.6) is 0 Å². The number of likely N-dealkylation sites (N-methyl/N-ethyl adjacent to an activating group) is 1. The third kappa shape index (κ3) is 5.27. The highest BCUT2D eigenvalue weighted by Gasteiger charge is 2.26. The highest BCUT2D eigenvalue weighted by atomic mass is 16.5. The maximum absolute atomic E-state index is 12.7. The van der Waals surface area contributed by atoms with E-state index in [1.54, 1.807) is 12.0 Å². The SMILES string of the molecule is COCC1CC(CN(C)C(=O)c2ccc(CN3CCCCC3)cc2)NN1. The molecule has 1 aromatic carbocycles. The van der Waals surface area contributed by atoms with Crippen molar-refractivity contribution in [2.24, 2.45) is 0 Å². The van der Waals surface area contributed by atoms with Crippen LogP contribution < -0.4 is 10.9 Å². The normalized spacial score (nSPS) is 23.9. The van der Waals surface area contributed by atoms with Gasteiger partial charge in [-0.15, -0.1) is 0 Å². The first kappa shape index (κ1) is 19.3. The molecule has 144 valence electrons. The van der Waals surface area contributed by atoms with E-state index < -0.39 is 0 Å². The minimum absolute atomic E-state index is 0.0755. The topological polar surface area (TPSA) is 56.8 Å². The summed E-state index contributed by atoms with van der Waals surface area (Å²) < 4.78 is 5.17. The maximum Gasteiger partial charge on any atom is 0.253 e. The summed E-state index contributed by atoms with van der Waals surface area (Å²) in [7, 11) is 3.58. The number of ether oxygens (including phenoxy) is 1. The van der Waals surface area contributed by atoms with Crippen LogP contribution in [-0.2, 0) is 11.3 Å². The van der Waals surface area contributed by atoms with Gasteiger partial charge in [0.25, 0.3) is 5.91 Å². The molecule has 2 unspecified atom stereocenters. The van der Waals surface area contributed by atoms with Crippen molar-refractivity contribution in [1.82, 2.24) is 20.7 Å². The lowest BCUT2D eigenvalue weighted by atomic mass is 10.1. The van der Waals surface area contributed by atoms with Crippen LogP contribution in [0.1, 0.15) is 41.6 Å². The zero-order valence-corrected chi connectivity index (χ0v) is 16.0. The molecule has 2 fully saturated rings. The van der Waals surface area contributed by atoms with Gasteiger partial charge in [0, 0.05) is 44.9 Å². The second-order valence-electron chi connectivity index (χ2n) is 7.59. The van der Waals surface area contributed by atoms with Crippen LogP contribution in [0, 0.1) is 0 Å². The quantitative estimate of drug-likeness (QED) is 0.774. The van der Waals surface area contributed by atoms with Gasteiger partial charge < -0.3 is 9.64 Å². The molecule has 2 atom stereocenters. The van der Waals surface area contributed by atoms with Crippen molar-refractivity contribution < 1.29 is 9.53 Å². The summed E-state index contributed by atoms with van der Waals surface area (Å²) in [6, 6.07) is 8.68. The Balaban J connectivity index is 1.49. The van der Waals surface area contributed by atoms with E-state index in [-0.39, 0.29) is 11.9 Å². The Morgan fingerprint density at radius 3 is 2.54 bits per heavy atom. The Hall–Kier alpha value is -1.47. The number of methoxy groups -OCH3 is 1. The predicted octanol–water partition coefficient (Wildman–Crippen LogP) is 1.63. The molecule has 0 saturated carbocycles. The van der Waals surface area contributed by atoms with Gasteiger partial charge in [-0.25, -0.2) is 0 Å². The molecule has 0 spiro atoms. The number of rotatable bonds is 7. The fourth-order valence-corrected chi connectivity index (χ4v) is 3.89. The van der Waals surface area contributed by atoms with E-state index in [1.165, 1.54) is 37.9 Å². The maximum atomic E-state index is 12.7. The lowest BCUT2D eigenvalue weighted by molar-refractivity contribution is 0.0782. The van der Waals surface area contributed by atoms with Crippen molar-refractivity contribution in [2.45, 2.75) is 44.3 Å². The molecule has 6 nitrogen and oxygen atoms in total. The Morgan fingerprint density at radius 1 is 1.15 bits per heavy atom. The van der Waals surface area contributed by atoms with Crippen LogP contribution in [0.4, 0.5) is 0 Å². The summed E-state index contributed by atoms with van der Waals surface area (Å²) in [5.74, 6) is 0.0755. The molecule has 26 heavy (non-hydrogen) atoms. The molecule has 1 amide bonds. The van der Waals surface area contributed by atoms with Crippen LogP contribution >= 0.6 is 0 Å². The lowest BCUT2D eigenvalue weighted by Gasteiger charge is -2.26. The van der Waals surface area contributed by atoms with Gasteiger partial charge >= 0.3 is 0 Å². The largest absolute Gasteiger partial charge is 0.383 e. The van der Waals surface area contributed by atoms with Gasteiger partial charge in [0.2, 0.25) is 0 Å². The first-order valence-electron chi connectivity index (χ1n) is 9.72. The average molecular weight is 361 g/mol. The average Bonchev–Trinajstić information content (AvgIpc) is 3.10. The molecule has 2 aliphatic rings. The summed E-state index contributed by atoms with van der Waals surface area (Å²) in [6.45, 7) is 4.73. The molecule has 6 heteroatoms. The van der Waals surface area contributed by atoms with Gasteiger partial charge in [0.15, 0.2) is 0 Å². The second-order valence-corrected chi connectivity index (χ2v) is 7.59. The minimum Gasteiger partial charge on any atom is -0.383 e. The summed E-state index contributed by atoms with van der Waals surface area (Å²) in [5.41, 5.74) is 8.52. The summed E-state index contributed by atoms with van der Waals surface area (Å²) in [4.78, 5) is 17.0. The molecule has 1 aromatic rings. The van der Waals surface area contributed by atoms with Gasteiger partial charge in [-0.05, 0) is 50.0 Å². The first-order chi connectivity index (χ1) is 12.7. The molecule has 0 bridgehead atoms. The van der Waals surface area contributed by atoms with E-state index in [0.717, 1.165) is 18.5 Å². The number of amides is 1. The smallest absolute Gasteiger partial charge is 0.253 e. The highest BCUT2D eigenvalue weighted by molar-refractivity contribution is 5.94. The van der Waals surface area contributed by atoms with E-state index >= 15 is 0 Å². The number of hydrogen-bond donors (Lipinski definition) is 2. The van der Waals surface area contributed by atoms with E-state index in [0.29, 0.717) is 19.2 Å².